The van der Waals surface area contributed by atoms with E-state index in [1.807, 2.05) is 30.3 Å². The molecule has 132 valence electrons. The molecule has 0 saturated heterocycles. The van der Waals surface area contributed by atoms with E-state index in [4.69, 9.17) is 5.21 Å². The molecule has 1 amide bonds. The summed E-state index contributed by atoms with van der Waals surface area (Å²) in [6.45, 7) is 0. The van der Waals surface area contributed by atoms with Crippen molar-refractivity contribution in [2.75, 3.05) is 4.72 Å². The van der Waals surface area contributed by atoms with Crippen LogP contribution < -0.4 is 10.2 Å². The van der Waals surface area contributed by atoms with Crippen LogP contribution in [0.2, 0.25) is 0 Å². The Hall–Kier alpha value is -3.16. The van der Waals surface area contributed by atoms with Crippen LogP contribution in [0.25, 0.3) is 16.8 Å². The van der Waals surface area contributed by atoms with Gasteiger partial charge in [-0.3, -0.25) is 14.7 Å². The van der Waals surface area contributed by atoms with Gasteiger partial charge in [0.25, 0.3) is 15.9 Å². The van der Waals surface area contributed by atoms with Crippen LogP contribution in [0.15, 0.2) is 77.7 Å². The first-order valence-corrected chi connectivity index (χ1v) is 9.20. The lowest BCUT2D eigenvalue weighted by molar-refractivity contribution is -0.124. The third-order valence-corrected chi connectivity index (χ3v) is 5.13. The van der Waals surface area contributed by atoms with E-state index >= 15 is 0 Å². The van der Waals surface area contributed by atoms with Crippen LogP contribution in [0.1, 0.15) is 5.56 Å². The molecule has 0 saturated carbocycles. The molecule has 0 aliphatic rings. The van der Waals surface area contributed by atoms with E-state index in [0.717, 1.165) is 16.8 Å². The van der Waals surface area contributed by atoms with Crippen molar-refractivity contribution in [3.63, 3.8) is 0 Å². The molecule has 0 aliphatic carbocycles. The minimum atomic E-state index is -3.73. The zero-order valence-electron chi connectivity index (χ0n) is 13.6. The number of anilines is 1. The molecular weight excluding hydrogens is 352 g/mol. The maximum absolute atomic E-state index is 12.5. The lowest BCUT2D eigenvalue weighted by atomic mass is 10.1. The molecule has 0 heterocycles. The number of rotatable bonds is 5. The normalized spacial score (nSPS) is 11.6. The lowest BCUT2D eigenvalue weighted by Crippen LogP contribution is -2.14. The third-order valence-electron chi connectivity index (χ3n) is 3.73. The summed E-state index contributed by atoms with van der Waals surface area (Å²) in [5.41, 5.74) is 2.58. The van der Waals surface area contributed by atoms with Crippen molar-refractivity contribution < 1.29 is 18.4 Å². The van der Waals surface area contributed by atoms with Crippen molar-refractivity contribution in [3.05, 3.63) is 78.4 Å². The van der Waals surface area contributed by atoms with E-state index in [1.165, 1.54) is 23.7 Å². The molecular formula is C19H16N2O4S. The average molecular weight is 368 g/mol. The first-order valence-electron chi connectivity index (χ1n) is 7.72. The lowest BCUT2D eigenvalue weighted by Gasteiger charge is -2.09. The van der Waals surface area contributed by atoms with Gasteiger partial charge in [0, 0.05) is 11.8 Å². The molecule has 3 aromatic carbocycles. The van der Waals surface area contributed by atoms with Gasteiger partial charge in [0.05, 0.1) is 4.90 Å². The molecule has 0 aromatic heterocycles. The summed E-state index contributed by atoms with van der Waals surface area (Å²) in [6.07, 6.45) is 2.59. The molecule has 0 atom stereocenters. The van der Waals surface area contributed by atoms with Gasteiger partial charge >= 0.3 is 0 Å². The van der Waals surface area contributed by atoms with Gasteiger partial charge in [-0.1, -0.05) is 42.5 Å². The Balaban J connectivity index is 1.80. The van der Waals surface area contributed by atoms with E-state index in [1.54, 1.807) is 24.3 Å². The molecule has 6 nitrogen and oxygen atoms in total. The number of sulfonamides is 1. The molecule has 0 aliphatic heterocycles. The maximum Gasteiger partial charge on any atom is 0.267 e. The Labute approximate surface area is 150 Å². The van der Waals surface area contributed by atoms with Crippen LogP contribution in [0, 0.1) is 0 Å². The molecule has 3 N–H and O–H groups in total. The van der Waals surface area contributed by atoms with E-state index < -0.39 is 15.9 Å². The molecule has 7 heteroatoms. The van der Waals surface area contributed by atoms with Crippen molar-refractivity contribution in [2.45, 2.75) is 4.90 Å². The number of hydrogen-bond donors (Lipinski definition) is 3. The van der Waals surface area contributed by atoms with Crippen LogP contribution in [0.3, 0.4) is 0 Å². The molecule has 3 rings (SSSR count). The quantitative estimate of drug-likeness (QED) is 0.366. The van der Waals surface area contributed by atoms with Crippen molar-refractivity contribution >= 4 is 38.5 Å². The highest BCUT2D eigenvalue weighted by atomic mass is 32.2. The fourth-order valence-corrected chi connectivity index (χ4v) is 3.48. The molecule has 0 unspecified atom stereocenters. The molecule has 0 radical (unpaired) electrons. The molecule has 0 spiro atoms. The zero-order chi connectivity index (χ0) is 18.6. The number of hydrogen-bond acceptors (Lipinski definition) is 4. The van der Waals surface area contributed by atoms with Crippen molar-refractivity contribution in [2.24, 2.45) is 0 Å². The number of amides is 1. The molecule has 3 aromatic rings. The van der Waals surface area contributed by atoms with Gasteiger partial charge in [0.1, 0.15) is 0 Å². The highest BCUT2D eigenvalue weighted by Gasteiger charge is 2.14. The van der Waals surface area contributed by atoms with Gasteiger partial charge in [0.15, 0.2) is 0 Å². The molecule has 0 fully saturated rings. The van der Waals surface area contributed by atoms with E-state index in [2.05, 4.69) is 4.72 Å². The minimum absolute atomic E-state index is 0.106. The Kier molecular flexibility index (Phi) is 5.01. The monoisotopic (exact) mass is 368 g/mol. The van der Waals surface area contributed by atoms with Crippen molar-refractivity contribution in [1.29, 1.82) is 0 Å². The van der Waals surface area contributed by atoms with Crippen LogP contribution in [0.5, 0.6) is 0 Å². The maximum atomic E-state index is 12.5. The highest BCUT2D eigenvalue weighted by Crippen LogP contribution is 2.22. The van der Waals surface area contributed by atoms with Crippen LogP contribution in [0.4, 0.5) is 5.69 Å². The van der Waals surface area contributed by atoms with E-state index in [0.29, 0.717) is 11.3 Å². The number of carbonyl (C=O) groups excluding carboxylic acids is 1. The predicted octanol–water partition coefficient (Wildman–Crippen LogP) is 3.16. The first-order chi connectivity index (χ1) is 12.5. The van der Waals surface area contributed by atoms with Crippen molar-refractivity contribution in [1.82, 2.24) is 5.48 Å². The van der Waals surface area contributed by atoms with Gasteiger partial charge in [0.2, 0.25) is 0 Å². The topological polar surface area (TPSA) is 95.5 Å². The Morgan fingerprint density at radius 3 is 2.31 bits per heavy atom. The van der Waals surface area contributed by atoms with Gasteiger partial charge < -0.3 is 0 Å². The largest absolute Gasteiger partial charge is 0.288 e. The summed E-state index contributed by atoms with van der Waals surface area (Å²) in [5.74, 6) is -0.667. The molecule has 26 heavy (non-hydrogen) atoms. The summed E-state index contributed by atoms with van der Waals surface area (Å²) in [5, 5.41) is 10.4. The second-order valence-corrected chi connectivity index (χ2v) is 7.23. The number of fused-ring (bicyclic) bond motifs is 1. The minimum Gasteiger partial charge on any atom is -0.288 e. The summed E-state index contributed by atoms with van der Waals surface area (Å²) in [7, 11) is -3.73. The smallest absolute Gasteiger partial charge is 0.267 e. The second-order valence-electron chi connectivity index (χ2n) is 5.55. The Morgan fingerprint density at radius 2 is 1.62 bits per heavy atom. The summed E-state index contributed by atoms with van der Waals surface area (Å²) < 4.78 is 27.6. The zero-order valence-corrected chi connectivity index (χ0v) is 14.4. The number of hydroxylamine groups is 1. The fraction of sp³-hybridized carbons (Fsp3) is 0. The van der Waals surface area contributed by atoms with Gasteiger partial charge in [-0.25, -0.2) is 13.9 Å². The molecule has 0 bridgehead atoms. The Morgan fingerprint density at radius 1 is 0.923 bits per heavy atom. The van der Waals surface area contributed by atoms with Gasteiger partial charge in [-0.05, 0) is 46.7 Å². The number of benzene rings is 3. The van der Waals surface area contributed by atoms with Gasteiger partial charge in [-0.15, -0.1) is 0 Å². The van der Waals surface area contributed by atoms with Crippen LogP contribution in [-0.4, -0.2) is 19.5 Å². The van der Waals surface area contributed by atoms with Crippen LogP contribution >= 0.6 is 0 Å². The summed E-state index contributed by atoms with van der Waals surface area (Å²) >= 11 is 0. The highest BCUT2D eigenvalue weighted by molar-refractivity contribution is 7.92. The SMILES string of the molecule is O=C(C=Cc1ccc(S(=O)(=O)Nc2ccc3ccccc3c2)cc1)NO. The fourth-order valence-electron chi connectivity index (χ4n) is 2.43. The second kappa shape index (κ2) is 7.38. The summed E-state index contributed by atoms with van der Waals surface area (Å²) in [6, 6.07) is 19.0. The average Bonchev–Trinajstić information content (AvgIpc) is 2.66. The van der Waals surface area contributed by atoms with E-state index in [9.17, 15) is 13.2 Å². The number of nitrogens with one attached hydrogen (secondary N) is 2. The number of carbonyl (C=O) groups is 1. The van der Waals surface area contributed by atoms with Crippen LogP contribution in [-0.2, 0) is 14.8 Å². The summed E-state index contributed by atoms with van der Waals surface area (Å²) in [4.78, 5) is 11.1. The van der Waals surface area contributed by atoms with E-state index in [-0.39, 0.29) is 4.90 Å². The Bertz CT molecular complexity index is 1070. The third kappa shape index (κ3) is 4.08. The predicted molar refractivity (Wildman–Crippen MR) is 100 cm³/mol. The standard InChI is InChI=1S/C19H16N2O4S/c22-19(20-23)12-7-14-5-10-18(11-6-14)26(24,25)21-17-9-8-15-3-1-2-4-16(15)13-17/h1-13,21,23H,(H,20,22). The van der Waals surface area contributed by atoms with Crippen molar-refractivity contribution in [3.8, 4) is 0 Å². The van der Waals surface area contributed by atoms with Gasteiger partial charge in [-0.2, -0.15) is 0 Å². The first kappa shape index (κ1) is 17.7.